The van der Waals surface area contributed by atoms with E-state index in [1.165, 1.54) is 14.0 Å². The van der Waals surface area contributed by atoms with Crippen molar-refractivity contribution in [3.05, 3.63) is 0 Å². The third kappa shape index (κ3) is 6.93. The van der Waals surface area contributed by atoms with Crippen LogP contribution in [0.15, 0.2) is 0 Å². The number of alkyl carbamates (subject to hydrolysis) is 1. The van der Waals surface area contributed by atoms with Gasteiger partial charge in [-0.1, -0.05) is 27.7 Å². The van der Waals surface area contributed by atoms with E-state index in [1.807, 2.05) is 25.9 Å². The molecule has 3 heterocycles. The summed E-state index contributed by atoms with van der Waals surface area (Å²) in [5.74, 6) is -4.80. The molecule has 12 heteroatoms. The molecule has 3 rings (SSSR count). The number of fused-ring (bicyclic) bond motifs is 1. The van der Waals surface area contributed by atoms with Crippen molar-refractivity contribution < 1.29 is 48.0 Å². The summed E-state index contributed by atoms with van der Waals surface area (Å²) in [5, 5.41) is 14.0. The minimum Gasteiger partial charge on any atom is -0.458 e. The summed E-state index contributed by atoms with van der Waals surface area (Å²) in [6.07, 6.45) is -3.96. The Balaban J connectivity index is 2.09. The summed E-state index contributed by atoms with van der Waals surface area (Å²) < 4.78 is 30.1. The number of esters is 1. The number of carbonyl (C=O) groups excluding carboxylic acids is 4. The molecule has 0 aromatic carbocycles. The molecule has 0 unspecified atom stereocenters. The molecule has 3 fully saturated rings. The molecule has 3 saturated heterocycles. The van der Waals surface area contributed by atoms with Crippen LogP contribution in [0.5, 0.6) is 0 Å². The van der Waals surface area contributed by atoms with Gasteiger partial charge in [0.15, 0.2) is 17.7 Å². The lowest BCUT2D eigenvalue weighted by Gasteiger charge is -2.47. The van der Waals surface area contributed by atoms with Crippen molar-refractivity contribution in [1.82, 2.24) is 10.2 Å². The van der Waals surface area contributed by atoms with E-state index in [9.17, 15) is 24.3 Å². The smallest absolute Gasteiger partial charge is 0.408 e. The fraction of sp³-hybridized carbons (Fsp3) is 0.871. The summed E-state index contributed by atoms with van der Waals surface area (Å²) in [5.41, 5.74) is -2.56. The fourth-order valence-corrected chi connectivity index (χ4v) is 7.19. The molecular weight excluding hydrogens is 560 g/mol. The molecule has 0 radical (unpaired) electrons. The molecule has 3 aliphatic rings. The number of nitrogens with zero attached hydrogens (tertiary/aromatic N) is 1. The highest BCUT2D eigenvalue weighted by atomic mass is 16.7. The largest absolute Gasteiger partial charge is 0.458 e. The van der Waals surface area contributed by atoms with Crippen LogP contribution < -0.4 is 5.32 Å². The van der Waals surface area contributed by atoms with Gasteiger partial charge >= 0.3 is 12.1 Å². The molecule has 0 aliphatic carbocycles. The second kappa shape index (κ2) is 13.5. The number of likely N-dealkylation sites (N-methyl/N-ethyl adjacent to an activating group) is 1. The van der Waals surface area contributed by atoms with Gasteiger partial charge in [-0.05, 0) is 61.1 Å². The van der Waals surface area contributed by atoms with Crippen LogP contribution in [0.25, 0.3) is 0 Å². The molecule has 2 N–H and O–H groups in total. The molecule has 12 nitrogen and oxygen atoms in total. The predicted molar refractivity (Wildman–Crippen MR) is 156 cm³/mol. The Morgan fingerprint density at radius 3 is 2.21 bits per heavy atom. The molecule has 1 amide bonds. The van der Waals surface area contributed by atoms with Crippen LogP contribution in [-0.2, 0) is 38.1 Å². The molecular formula is C31H52N2O10. The number of Topliss-reactive ketones (excluding diaryl/α,β-unsaturated/α-hetero) is 2. The van der Waals surface area contributed by atoms with E-state index in [4.69, 9.17) is 23.7 Å². The van der Waals surface area contributed by atoms with Gasteiger partial charge in [-0.3, -0.25) is 14.4 Å². The number of carbonyl (C=O) groups is 4. The number of hydrogen-bond acceptors (Lipinski definition) is 11. The quantitative estimate of drug-likeness (QED) is 0.348. The Morgan fingerprint density at radius 2 is 1.65 bits per heavy atom. The maximum absolute atomic E-state index is 13.9. The van der Waals surface area contributed by atoms with E-state index in [0.717, 1.165) is 0 Å². The van der Waals surface area contributed by atoms with Crippen LogP contribution in [0.1, 0.15) is 74.7 Å². The molecule has 0 spiro atoms. The van der Waals surface area contributed by atoms with Gasteiger partial charge in [0.1, 0.15) is 23.9 Å². The third-order valence-electron chi connectivity index (χ3n) is 9.93. The predicted octanol–water partition coefficient (Wildman–Crippen LogP) is 2.48. The van der Waals surface area contributed by atoms with Crippen LogP contribution in [-0.4, -0.2) is 109 Å². The van der Waals surface area contributed by atoms with E-state index in [1.54, 1.807) is 41.5 Å². The first-order valence-electron chi connectivity index (χ1n) is 15.4. The monoisotopic (exact) mass is 612 g/mol. The first-order valence-corrected chi connectivity index (χ1v) is 15.4. The Morgan fingerprint density at radius 1 is 1.02 bits per heavy atom. The summed E-state index contributed by atoms with van der Waals surface area (Å²) in [6.45, 7) is 13.7. The lowest BCUT2D eigenvalue weighted by molar-refractivity contribution is -0.295. The highest BCUT2D eigenvalue weighted by Gasteiger charge is 2.57. The molecule has 13 atom stereocenters. The molecule has 3 aliphatic heterocycles. The van der Waals surface area contributed by atoms with Crippen LogP contribution in [0, 0.1) is 23.7 Å². The molecule has 0 aromatic rings. The van der Waals surface area contributed by atoms with Crippen molar-refractivity contribution in [1.29, 1.82) is 0 Å². The molecule has 0 saturated carbocycles. The third-order valence-corrected chi connectivity index (χ3v) is 9.93. The lowest BCUT2D eigenvalue weighted by atomic mass is 9.73. The van der Waals surface area contributed by atoms with Crippen molar-refractivity contribution in [2.45, 2.75) is 129 Å². The highest BCUT2D eigenvalue weighted by Crippen LogP contribution is 2.40. The van der Waals surface area contributed by atoms with Crippen LogP contribution in [0.4, 0.5) is 4.79 Å². The normalized spacial score (nSPS) is 45.2. The Bertz CT molecular complexity index is 1050. The summed E-state index contributed by atoms with van der Waals surface area (Å²) in [6, 6.07) is -1.04. The SMILES string of the molecule is CC[C@H]1OC(=O)[C@H](C)C(=O)[C@H](C)[C@@H](O[C@@H]2O[C@H](C)C[C@H](N(C)C)[C@H]2O)[C@@](C)(OC)C[C@@H](C)C(=O)[C@H](C)[C@H]2NC(=O)O[C@@]21C. The average Bonchev–Trinajstić information content (AvgIpc) is 3.27. The van der Waals surface area contributed by atoms with Crippen molar-refractivity contribution in [3.8, 4) is 0 Å². The first-order chi connectivity index (χ1) is 19.9. The maximum atomic E-state index is 13.9. The van der Waals surface area contributed by atoms with Gasteiger partial charge in [-0.25, -0.2) is 4.79 Å². The summed E-state index contributed by atoms with van der Waals surface area (Å²) in [4.78, 5) is 55.7. The van der Waals surface area contributed by atoms with E-state index in [2.05, 4.69) is 5.32 Å². The Labute approximate surface area is 255 Å². The van der Waals surface area contributed by atoms with Gasteiger partial charge in [-0.2, -0.15) is 0 Å². The van der Waals surface area contributed by atoms with Gasteiger partial charge in [0.25, 0.3) is 0 Å². The van der Waals surface area contributed by atoms with Gasteiger partial charge in [-0.15, -0.1) is 0 Å². The number of methoxy groups -OCH3 is 1. The minimum absolute atomic E-state index is 0.151. The number of ether oxygens (including phenoxy) is 5. The van der Waals surface area contributed by atoms with Gasteiger partial charge in [0, 0.05) is 30.9 Å². The molecule has 0 aromatic heterocycles. The average molecular weight is 613 g/mol. The Hall–Kier alpha value is -2.12. The van der Waals surface area contributed by atoms with E-state index in [0.29, 0.717) is 6.42 Å². The molecule has 0 bridgehead atoms. The van der Waals surface area contributed by atoms with Crippen LogP contribution >= 0.6 is 0 Å². The number of ketones is 2. The van der Waals surface area contributed by atoms with E-state index < -0.39 is 83.4 Å². The topological polar surface area (TPSA) is 150 Å². The standard InChI is InChI=1S/C31H52N2O10/c1-12-21-31(8)25(32-29(38)43-31)17(4)22(34)15(2)14-30(7,39-11)26(18(5)23(35)19(6)27(37)41-21)42-28-24(36)20(33(9)10)13-16(3)40-28/h15-21,24-26,28,36H,12-14H2,1-11H3,(H,32,38)/t15-,16-,17+,18+,19-,20+,21-,24-,25-,26-,28+,30+,31-/m1/s1. The number of nitrogens with one attached hydrogen (secondary N) is 1. The van der Waals surface area contributed by atoms with Crippen molar-refractivity contribution >= 4 is 23.6 Å². The van der Waals surface area contributed by atoms with Crippen molar-refractivity contribution in [2.24, 2.45) is 23.7 Å². The van der Waals surface area contributed by atoms with Crippen LogP contribution in [0.3, 0.4) is 0 Å². The first kappa shape index (κ1) is 35.4. The minimum atomic E-state index is -1.33. The second-order valence-corrected chi connectivity index (χ2v) is 13.4. The van der Waals surface area contributed by atoms with Gasteiger partial charge in [0.2, 0.25) is 0 Å². The number of rotatable bonds is 5. The Kier molecular flexibility index (Phi) is 11.1. The maximum Gasteiger partial charge on any atom is 0.408 e. The highest BCUT2D eigenvalue weighted by molar-refractivity contribution is 6.00. The summed E-state index contributed by atoms with van der Waals surface area (Å²) >= 11 is 0. The second-order valence-electron chi connectivity index (χ2n) is 13.4. The zero-order valence-corrected chi connectivity index (χ0v) is 27.5. The van der Waals surface area contributed by atoms with Crippen LogP contribution in [0.2, 0.25) is 0 Å². The number of amides is 1. The lowest BCUT2D eigenvalue weighted by Crippen LogP contribution is -2.60. The van der Waals surface area contributed by atoms with E-state index in [-0.39, 0.29) is 30.8 Å². The number of aliphatic hydroxyl groups is 1. The van der Waals surface area contributed by atoms with Crippen molar-refractivity contribution in [2.75, 3.05) is 21.2 Å². The van der Waals surface area contributed by atoms with Gasteiger partial charge in [0.05, 0.1) is 23.9 Å². The number of cyclic esters (lactones) is 1. The fourth-order valence-electron chi connectivity index (χ4n) is 7.19. The molecule has 246 valence electrons. The van der Waals surface area contributed by atoms with Crippen molar-refractivity contribution in [3.63, 3.8) is 0 Å². The number of aliphatic hydroxyl groups excluding tert-OH is 1. The number of hydrogen-bond donors (Lipinski definition) is 2. The zero-order chi connectivity index (χ0) is 32.6. The summed E-state index contributed by atoms with van der Waals surface area (Å²) in [7, 11) is 5.21. The van der Waals surface area contributed by atoms with Gasteiger partial charge < -0.3 is 39.0 Å². The van der Waals surface area contributed by atoms with E-state index >= 15 is 0 Å². The molecule has 43 heavy (non-hydrogen) atoms. The zero-order valence-electron chi connectivity index (χ0n) is 27.5.